The molecule has 1 fully saturated rings. The Hall–Kier alpha value is -3.26. The van der Waals surface area contributed by atoms with Gasteiger partial charge < -0.3 is 4.52 Å². The van der Waals surface area contributed by atoms with Crippen molar-refractivity contribution in [1.29, 1.82) is 0 Å². The maximum Gasteiger partial charge on any atom is 0.266 e. The summed E-state index contributed by atoms with van der Waals surface area (Å²) in [6.07, 6.45) is 3.96. The number of pyridine rings is 1. The van der Waals surface area contributed by atoms with Crippen molar-refractivity contribution in [3.8, 4) is 11.5 Å². The van der Waals surface area contributed by atoms with E-state index in [1.807, 2.05) is 54.4 Å². The van der Waals surface area contributed by atoms with E-state index in [2.05, 4.69) is 20.6 Å². The molecule has 4 heterocycles. The van der Waals surface area contributed by atoms with Crippen LogP contribution in [-0.2, 0) is 0 Å². The fraction of sp³-hybridized carbons (Fsp3) is 0.364. The summed E-state index contributed by atoms with van der Waals surface area (Å²) in [4.78, 5) is 22.4. The molecule has 1 saturated heterocycles. The first-order valence-corrected chi connectivity index (χ1v) is 10.3. The van der Waals surface area contributed by atoms with E-state index in [-0.39, 0.29) is 11.8 Å². The second kappa shape index (κ2) is 7.21. The number of carbonyl (C=O) groups is 1. The molecule has 1 aliphatic heterocycles. The molecular formula is C22H24N6O2. The van der Waals surface area contributed by atoms with Gasteiger partial charge in [-0.1, -0.05) is 37.2 Å². The van der Waals surface area contributed by atoms with Crippen molar-refractivity contribution in [2.45, 2.75) is 39.5 Å². The Kier molecular flexibility index (Phi) is 4.51. The maximum atomic E-state index is 13.3. The smallest absolute Gasteiger partial charge is 0.266 e. The topological polar surface area (TPSA) is 88.6 Å². The standard InChI is InChI=1S/C22H24N6O2/c1-13(2)22-24-20(26-30-22)18-19-14(3)17(21(29)25-27-10-6-7-11-27)15-8-4-5-9-16(15)28(19)12-23-18/h4-5,8-9,12-13H,6-7,10-11H2,1-3H3,(H,25,29). The molecule has 0 unspecified atom stereocenters. The van der Waals surface area contributed by atoms with Gasteiger partial charge in [0.05, 0.1) is 16.6 Å². The number of carbonyl (C=O) groups excluding carboxylic acids is 1. The van der Waals surface area contributed by atoms with Gasteiger partial charge in [0, 0.05) is 24.4 Å². The average Bonchev–Trinajstić information content (AvgIpc) is 3.48. The molecule has 8 nitrogen and oxygen atoms in total. The van der Waals surface area contributed by atoms with Crippen molar-refractivity contribution in [3.63, 3.8) is 0 Å². The minimum atomic E-state index is -0.101. The predicted molar refractivity (Wildman–Crippen MR) is 113 cm³/mol. The number of hydrazine groups is 1. The van der Waals surface area contributed by atoms with E-state index >= 15 is 0 Å². The third-order valence-electron chi connectivity index (χ3n) is 5.67. The van der Waals surface area contributed by atoms with Crippen LogP contribution in [-0.4, -0.2) is 43.5 Å². The second-order valence-corrected chi connectivity index (χ2v) is 8.07. The Morgan fingerprint density at radius 3 is 2.70 bits per heavy atom. The summed E-state index contributed by atoms with van der Waals surface area (Å²) < 4.78 is 7.39. The number of rotatable bonds is 4. The fourth-order valence-corrected chi connectivity index (χ4v) is 4.16. The number of nitrogens with one attached hydrogen (secondary N) is 1. The van der Waals surface area contributed by atoms with Crippen LogP contribution in [0.4, 0.5) is 0 Å². The van der Waals surface area contributed by atoms with Crippen LogP contribution < -0.4 is 5.43 Å². The number of amides is 1. The van der Waals surface area contributed by atoms with E-state index < -0.39 is 0 Å². The van der Waals surface area contributed by atoms with Crippen molar-refractivity contribution in [2.75, 3.05) is 13.1 Å². The summed E-state index contributed by atoms with van der Waals surface area (Å²) >= 11 is 0. The van der Waals surface area contributed by atoms with Gasteiger partial charge in [-0.25, -0.2) is 9.99 Å². The molecule has 1 N–H and O–H groups in total. The van der Waals surface area contributed by atoms with Crippen LogP contribution in [0.3, 0.4) is 0 Å². The lowest BCUT2D eigenvalue weighted by atomic mass is 10.0. The molecule has 5 rings (SSSR count). The number of para-hydroxylation sites is 1. The van der Waals surface area contributed by atoms with Crippen LogP contribution in [0.1, 0.15) is 54.4 Å². The van der Waals surface area contributed by atoms with Crippen LogP contribution in [0.2, 0.25) is 0 Å². The highest BCUT2D eigenvalue weighted by atomic mass is 16.5. The summed E-state index contributed by atoms with van der Waals surface area (Å²) in [6, 6.07) is 7.89. The van der Waals surface area contributed by atoms with Gasteiger partial charge in [0.2, 0.25) is 11.7 Å². The fourth-order valence-electron chi connectivity index (χ4n) is 4.16. The molecule has 0 spiro atoms. The molecule has 154 valence electrons. The van der Waals surface area contributed by atoms with Gasteiger partial charge in [-0.3, -0.25) is 14.6 Å². The normalized spacial score (nSPS) is 14.9. The van der Waals surface area contributed by atoms with E-state index in [0.717, 1.165) is 47.9 Å². The lowest BCUT2D eigenvalue weighted by Crippen LogP contribution is -2.40. The summed E-state index contributed by atoms with van der Waals surface area (Å²) in [5, 5.41) is 7.02. The maximum absolute atomic E-state index is 13.3. The Bertz CT molecular complexity index is 1250. The minimum absolute atomic E-state index is 0.101. The molecule has 0 bridgehead atoms. The molecular weight excluding hydrogens is 380 g/mol. The molecule has 0 radical (unpaired) electrons. The Labute approximate surface area is 173 Å². The number of aryl methyl sites for hydroxylation is 1. The van der Waals surface area contributed by atoms with E-state index in [9.17, 15) is 4.79 Å². The van der Waals surface area contributed by atoms with Gasteiger partial charge in [0.1, 0.15) is 12.0 Å². The van der Waals surface area contributed by atoms with E-state index in [4.69, 9.17) is 4.52 Å². The van der Waals surface area contributed by atoms with Gasteiger partial charge >= 0.3 is 0 Å². The van der Waals surface area contributed by atoms with Crippen molar-refractivity contribution >= 4 is 22.3 Å². The molecule has 1 aromatic carbocycles. The summed E-state index contributed by atoms with van der Waals surface area (Å²) in [7, 11) is 0. The number of fused-ring (bicyclic) bond motifs is 3. The molecule has 0 atom stereocenters. The first kappa shape index (κ1) is 18.7. The molecule has 1 amide bonds. The number of nitrogens with zero attached hydrogens (tertiary/aromatic N) is 5. The predicted octanol–water partition coefficient (Wildman–Crippen LogP) is 3.71. The molecule has 0 saturated carbocycles. The van der Waals surface area contributed by atoms with Crippen LogP contribution >= 0.6 is 0 Å². The van der Waals surface area contributed by atoms with E-state index in [1.165, 1.54) is 0 Å². The number of hydrogen-bond acceptors (Lipinski definition) is 6. The number of hydrogen-bond donors (Lipinski definition) is 1. The highest BCUT2D eigenvalue weighted by Gasteiger charge is 2.25. The number of aromatic nitrogens is 4. The highest BCUT2D eigenvalue weighted by molar-refractivity contribution is 6.10. The van der Waals surface area contributed by atoms with Crippen molar-refractivity contribution in [2.24, 2.45) is 0 Å². The largest absolute Gasteiger partial charge is 0.339 e. The van der Waals surface area contributed by atoms with Crippen molar-refractivity contribution in [3.05, 3.63) is 47.6 Å². The number of benzene rings is 1. The Morgan fingerprint density at radius 2 is 1.97 bits per heavy atom. The second-order valence-electron chi connectivity index (χ2n) is 8.07. The third-order valence-corrected chi connectivity index (χ3v) is 5.67. The quantitative estimate of drug-likeness (QED) is 0.558. The molecule has 0 aliphatic carbocycles. The lowest BCUT2D eigenvalue weighted by molar-refractivity contribution is 0.0827. The van der Waals surface area contributed by atoms with Crippen LogP contribution in [0.25, 0.3) is 27.9 Å². The van der Waals surface area contributed by atoms with Gasteiger partial charge in [0.25, 0.3) is 5.91 Å². The SMILES string of the molecule is Cc1c(C(=O)NN2CCCC2)c2ccccc2n2cnc(-c3noc(C(C)C)n3)c12. The summed E-state index contributed by atoms with van der Waals surface area (Å²) in [6.45, 7) is 7.72. The minimum Gasteiger partial charge on any atom is -0.339 e. The Balaban J connectivity index is 1.72. The average molecular weight is 404 g/mol. The van der Waals surface area contributed by atoms with Gasteiger partial charge in [-0.2, -0.15) is 4.98 Å². The zero-order valence-corrected chi connectivity index (χ0v) is 17.3. The van der Waals surface area contributed by atoms with Gasteiger partial charge in [-0.15, -0.1) is 0 Å². The molecule has 4 aromatic rings. The van der Waals surface area contributed by atoms with Crippen molar-refractivity contribution < 1.29 is 9.32 Å². The van der Waals surface area contributed by atoms with E-state index in [0.29, 0.717) is 23.0 Å². The van der Waals surface area contributed by atoms with Gasteiger partial charge in [0.15, 0.2) is 0 Å². The third kappa shape index (κ3) is 2.95. The zero-order chi connectivity index (χ0) is 20.8. The van der Waals surface area contributed by atoms with Crippen LogP contribution in [0, 0.1) is 6.92 Å². The Morgan fingerprint density at radius 1 is 1.20 bits per heavy atom. The lowest BCUT2D eigenvalue weighted by Gasteiger charge is -2.19. The summed E-state index contributed by atoms with van der Waals surface area (Å²) in [5.74, 6) is 1.03. The zero-order valence-electron chi connectivity index (χ0n) is 17.3. The molecule has 3 aromatic heterocycles. The summed E-state index contributed by atoms with van der Waals surface area (Å²) in [5.41, 5.74) is 6.92. The van der Waals surface area contributed by atoms with Gasteiger partial charge in [-0.05, 0) is 31.4 Å². The monoisotopic (exact) mass is 404 g/mol. The first-order chi connectivity index (χ1) is 14.5. The van der Waals surface area contributed by atoms with Crippen LogP contribution in [0.15, 0.2) is 35.1 Å². The molecule has 8 heteroatoms. The molecule has 1 aliphatic rings. The van der Waals surface area contributed by atoms with Crippen LogP contribution in [0.5, 0.6) is 0 Å². The van der Waals surface area contributed by atoms with E-state index in [1.54, 1.807) is 6.33 Å². The number of imidazole rings is 1. The molecule has 30 heavy (non-hydrogen) atoms. The first-order valence-electron chi connectivity index (χ1n) is 10.3. The highest BCUT2D eigenvalue weighted by Crippen LogP contribution is 2.32. The van der Waals surface area contributed by atoms with Crippen molar-refractivity contribution in [1.82, 2.24) is 30.0 Å².